The number of aryl methyl sites for hydroxylation is 2. The van der Waals surface area contributed by atoms with Crippen LogP contribution in [0.2, 0.25) is 0 Å². The normalized spacial score (nSPS) is 11.8. The van der Waals surface area contributed by atoms with E-state index in [9.17, 15) is 15.2 Å². The summed E-state index contributed by atoms with van der Waals surface area (Å²) in [6.07, 6.45) is 2.64. The molecule has 0 aliphatic heterocycles. The molecule has 2 N–H and O–H groups in total. The summed E-state index contributed by atoms with van der Waals surface area (Å²) in [6, 6.07) is 13.1. The number of hydrogen-bond donors (Lipinski definition) is 2. The standard InChI is InChI=1S/C20H19N3O3/c1-13-5-7-15(8-6-13)17(24)12-22-19(25)18-14(2)26-20(16(18)11-21)23-9-3-4-10-23/h3-10,17,24H,12H2,1-2H3,(H,22,25). The SMILES string of the molecule is Cc1ccc(C(O)CNC(=O)c2c(C)oc(-n3cccc3)c2C#N)cc1. The van der Waals surface area contributed by atoms with Gasteiger partial charge in [-0.25, -0.2) is 0 Å². The van der Waals surface area contributed by atoms with Crippen molar-refractivity contribution in [2.75, 3.05) is 6.54 Å². The summed E-state index contributed by atoms with van der Waals surface area (Å²) in [5, 5.41) is 22.4. The van der Waals surface area contributed by atoms with Gasteiger partial charge in [0.05, 0.1) is 6.10 Å². The van der Waals surface area contributed by atoms with Crippen molar-refractivity contribution in [1.29, 1.82) is 5.26 Å². The monoisotopic (exact) mass is 349 g/mol. The van der Waals surface area contributed by atoms with Gasteiger partial charge in [-0.3, -0.25) is 9.36 Å². The molecule has 3 aromatic rings. The van der Waals surface area contributed by atoms with Crippen molar-refractivity contribution >= 4 is 5.91 Å². The molecule has 26 heavy (non-hydrogen) atoms. The number of benzene rings is 1. The van der Waals surface area contributed by atoms with E-state index in [-0.39, 0.29) is 17.7 Å². The molecule has 0 saturated carbocycles. The molecule has 0 aliphatic carbocycles. The number of aliphatic hydroxyl groups excluding tert-OH is 1. The zero-order valence-corrected chi connectivity index (χ0v) is 14.6. The molecule has 1 unspecified atom stereocenters. The van der Waals surface area contributed by atoms with Crippen LogP contribution in [0.5, 0.6) is 0 Å². The molecule has 0 aliphatic rings. The summed E-state index contributed by atoms with van der Waals surface area (Å²) in [7, 11) is 0. The molecule has 0 bridgehead atoms. The number of aromatic nitrogens is 1. The Kier molecular flexibility index (Phi) is 4.92. The Bertz CT molecular complexity index is 948. The van der Waals surface area contributed by atoms with Crippen LogP contribution in [0.3, 0.4) is 0 Å². The lowest BCUT2D eigenvalue weighted by molar-refractivity contribution is 0.0914. The van der Waals surface area contributed by atoms with Crippen LogP contribution in [0.15, 0.2) is 53.2 Å². The molecule has 132 valence electrons. The molecule has 1 aromatic carbocycles. The number of carbonyl (C=O) groups is 1. The van der Waals surface area contributed by atoms with E-state index in [1.54, 1.807) is 36.0 Å². The third-order valence-electron chi connectivity index (χ3n) is 4.16. The largest absolute Gasteiger partial charge is 0.443 e. The lowest BCUT2D eigenvalue weighted by atomic mass is 10.1. The van der Waals surface area contributed by atoms with Crippen LogP contribution in [0, 0.1) is 25.2 Å². The first-order valence-corrected chi connectivity index (χ1v) is 8.21. The predicted octanol–water partition coefficient (Wildman–Crippen LogP) is 3.02. The van der Waals surface area contributed by atoms with E-state index in [1.165, 1.54) is 0 Å². The molecule has 0 saturated heterocycles. The van der Waals surface area contributed by atoms with Crippen molar-refractivity contribution < 1.29 is 14.3 Å². The summed E-state index contributed by atoms with van der Waals surface area (Å²) in [6.45, 7) is 3.64. The van der Waals surface area contributed by atoms with Crippen LogP contribution >= 0.6 is 0 Å². The number of furan rings is 1. The highest BCUT2D eigenvalue weighted by Crippen LogP contribution is 2.25. The molecule has 6 nitrogen and oxygen atoms in total. The topological polar surface area (TPSA) is 91.2 Å². The quantitative estimate of drug-likeness (QED) is 0.741. The van der Waals surface area contributed by atoms with E-state index in [1.807, 2.05) is 37.3 Å². The summed E-state index contributed by atoms with van der Waals surface area (Å²) in [5.41, 5.74) is 2.16. The van der Waals surface area contributed by atoms with Crippen molar-refractivity contribution in [1.82, 2.24) is 9.88 Å². The van der Waals surface area contributed by atoms with Crippen LogP contribution in [-0.4, -0.2) is 22.1 Å². The number of carbonyl (C=O) groups excluding carboxylic acids is 1. The minimum absolute atomic E-state index is 0.0379. The lowest BCUT2D eigenvalue weighted by Crippen LogP contribution is -2.29. The third-order valence-corrected chi connectivity index (χ3v) is 4.16. The number of nitriles is 1. The van der Waals surface area contributed by atoms with E-state index in [0.717, 1.165) is 5.56 Å². The van der Waals surface area contributed by atoms with E-state index < -0.39 is 12.0 Å². The molecule has 0 fully saturated rings. The molecule has 1 atom stereocenters. The summed E-state index contributed by atoms with van der Waals surface area (Å²) in [5.74, 6) is 0.208. The van der Waals surface area contributed by atoms with Crippen molar-refractivity contribution in [3.8, 4) is 12.0 Å². The number of nitrogens with one attached hydrogen (secondary N) is 1. The second-order valence-electron chi connectivity index (χ2n) is 6.05. The van der Waals surface area contributed by atoms with Crippen LogP contribution in [0.1, 0.15) is 38.9 Å². The maximum atomic E-state index is 12.6. The summed E-state index contributed by atoms with van der Waals surface area (Å²) < 4.78 is 7.27. The number of aliphatic hydroxyl groups is 1. The van der Waals surface area contributed by atoms with E-state index >= 15 is 0 Å². The maximum absolute atomic E-state index is 12.6. The fraction of sp³-hybridized carbons (Fsp3) is 0.200. The van der Waals surface area contributed by atoms with Gasteiger partial charge in [0.1, 0.15) is 23.0 Å². The minimum Gasteiger partial charge on any atom is -0.443 e. The van der Waals surface area contributed by atoms with Gasteiger partial charge < -0.3 is 14.8 Å². The van der Waals surface area contributed by atoms with Crippen molar-refractivity contribution in [2.24, 2.45) is 0 Å². The molecular weight excluding hydrogens is 330 g/mol. The first-order chi connectivity index (χ1) is 12.5. The molecule has 2 aromatic heterocycles. The second kappa shape index (κ2) is 7.30. The molecule has 3 rings (SSSR count). The number of amides is 1. The van der Waals surface area contributed by atoms with Crippen LogP contribution in [-0.2, 0) is 0 Å². The highest BCUT2D eigenvalue weighted by atomic mass is 16.4. The molecule has 0 radical (unpaired) electrons. The zero-order valence-electron chi connectivity index (χ0n) is 14.6. The van der Waals surface area contributed by atoms with Gasteiger partial charge in [0.2, 0.25) is 5.88 Å². The Labute approximate surface area is 151 Å². The first kappa shape index (κ1) is 17.5. The molecule has 1 amide bonds. The lowest BCUT2D eigenvalue weighted by Gasteiger charge is -2.12. The van der Waals surface area contributed by atoms with Crippen molar-refractivity contribution in [3.63, 3.8) is 0 Å². The average Bonchev–Trinajstić information content (AvgIpc) is 3.27. The molecule has 2 heterocycles. The number of hydrogen-bond acceptors (Lipinski definition) is 4. The van der Waals surface area contributed by atoms with Gasteiger partial charge in [-0.15, -0.1) is 0 Å². The Hall–Kier alpha value is -3.30. The van der Waals surface area contributed by atoms with Crippen LogP contribution < -0.4 is 5.32 Å². The molecular formula is C20H19N3O3. The van der Waals surface area contributed by atoms with Gasteiger partial charge in [0.15, 0.2) is 0 Å². The van der Waals surface area contributed by atoms with Crippen LogP contribution in [0.25, 0.3) is 5.88 Å². The van der Waals surface area contributed by atoms with Gasteiger partial charge in [0.25, 0.3) is 5.91 Å². The Balaban J connectivity index is 1.78. The third kappa shape index (κ3) is 3.39. The van der Waals surface area contributed by atoms with Gasteiger partial charge >= 0.3 is 0 Å². The fourth-order valence-electron chi connectivity index (χ4n) is 2.74. The maximum Gasteiger partial charge on any atom is 0.256 e. The Morgan fingerprint density at radius 1 is 1.27 bits per heavy atom. The number of nitrogens with zero attached hydrogens (tertiary/aromatic N) is 2. The van der Waals surface area contributed by atoms with Crippen molar-refractivity contribution in [3.05, 3.63) is 76.8 Å². The first-order valence-electron chi connectivity index (χ1n) is 8.21. The smallest absolute Gasteiger partial charge is 0.256 e. The van der Waals surface area contributed by atoms with E-state index in [2.05, 4.69) is 5.32 Å². The van der Waals surface area contributed by atoms with Crippen molar-refractivity contribution in [2.45, 2.75) is 20.0 Å². The Morgan fingerprint density at radius 2 is 1.92 bits per heavy atom. The zero-order chi connectivity index (χ0) is 18.7. The highest BCUT2D eigenvalue weighted by molar-refractivity contribution is 5.98. The Morgan fingerprint density at radius 3 is 2.54 bits per heavy atom. The van der Waals surface area contributed by atoms with E-state index in [4.69, 9.17) is 4.42 Å². The average molecular weight is 349 g/mol. The highest BCUT2D eigenvalue weighted by Gasteiger charge is 2.24. The van der Waals surface area contributed by atoms with Crippen LogP contribution in [0.4, 0.5) is 0 Å². The summed E-state index contributed by atoms with van der Waals surface area (Å²) in [4.78, 5) is 12.6. The van der Waals surface area contributed by atoms with Gasteiger partial charge in [-0.1, -0.05) is 29.8 Å². The minimum atomic E-state index is -0.832. The second-order valence-corrected chi connectivity index (χ2v) is 6.05. The van der Waals surface area contributed by atoms with Gasteiger partial charge in [-0.05, 0) is 31.5 Å². The predicted molar refractivity (Wildman–Crippen MR) is 96.0 cm³/mol. The summed E-state index contributed by atoms with van der Waals surface area (Å²) >= 11 is 0. The fourth-order valence-corrected chi connectivity index (χ4v) is 2.74. The molecule has 0 spiro atoms. The molecule has 6 heteroatoms. The van der Waals surface area contributed by atoms with E-state index in [0.29, 0.717) is 17.2 Å². The van der Waals surface area contributed by atoms with Gasteiger partial charge in [-0.2, -0.15) is 5.26 Å². The number of rotatable bonds is 5. The van der Waals surface area contributed by atoms with Gasteiger partial charge in [0, 0.05) is 18.9 Å².